The summed E-state index contributed by atoms with van der Waals surface area (Å²) < 4.78 is 0. The largest absolute Gasteiger partial charge is 0.395 e. The zero-order valence-corrected chi connectivity index (χ0v) is 6.12. The zero-order valence-electron chi connectivity index (χ0n) is 6.12. The van der Waals surface area contributed by atoms with Crippen molar-refractivity contribution in [2.75, 3.05) is 6.61 Å². The lowest BCUT2D eigenvalue weighted by Gasteiger charge is -1.91. The lowest BCUT2D eigenvalue weighted by molar-refractivity contribution is 0.273. The number of nitrogens with one attached hydrogen (secondary N) is 1. The Bertz CT molecular complexity index is 109. The summed E-state index contributed by atoms with van der Waals surface area (Å²) in [4.78, 5) is 2.86. The molecule has 0 aliphatic rings. The lowest BCUT2D eigenvalue weighted by atomic mass is 10.4. The van der Waals surface area contributed by atoms with E-state index in [1.54, 1.807) is 6.92 Å². The quantitative estimate of drug-likeness (QED) is 0.529. The van der Waals surface area contributed by atoms with Gasteiger partial charge in [-0.1, -0.05) is 0 Å². The molecule has 3 heteroatoms. The van der Waals surface area contributed by atoms with Gasteiger partial charge in [-0.2, -0.15) is 0 Å². The Hall–Kier alpha value is -0.800. The van der Waals surface area contributed by atoms with Crippen LogP contribution in [0.1, 0.15) is 6.92 Å². The van der Waals surface area contributed by atoms with Crippen molar-refractivity contribution in [1.29, 1.82) is 0 Å². The van der Waals surface area contributed by atoms with Gasteiger partial charge in [0.15, 0.2) is 0 Å². The van der Waals surface area contributed by atoms with Crippen molar-refractivity contribution in [3.05, 3.63) is 24.5 Å². The minimum Gasteiger partial charge on any atom is -0.395 e. The summed E-state index contributed by atoms with van der Waals surface area (Å²) in [6, 6.07) is 3.83. The number of hydrogen-bond donors (Lipinski definition) is 3. The van der Waals surface area contributed by atoms with Gasteiger partial charge in [0, 0.05) is 18.4 Å². The summed E-state index contributed by atoms with van der Waals surface area (Å²) in [5.41, 5.74) is 5.04. The average molecular weight is 142 g/mol. The van der Waals surface area contributed by atoms with Crippen molar-refractivity contribution in [2.24, 2.45) is 5.73 Å². The van der Waals surface area contributed by atoms with Crippen molar-refractivity contribution in [1.82, 2.24) is 4.98 Å². The predicted octanol–water partition coefficient (Wildman–Crippen LogP) is 0.341. The van der Waals surface area contributed by atoms with E-state index in [-0.39, 0.29) is 12.6 Å². The first-order valence-electron chi connectivity index (χ1n) is 3.21. The van der Waals surface area contributed by atoms with Crippen LogP contribution in [0, 0.1) is 0 Å². The van der Waals surface area contributed by atoms with Gasteiger partial charge in [0.2, 0.25) is 0 Å². The number of aliphatic hydroxyl groups excluding tert-OH is 1. The van der Waals surface area contributed by atoms with Crippen LogP contribution in [-0.4, -0.2) is 22.7 Å². The lowest BCUT2D eigenvalue weighted by Crippen LogP contribution is -2.18. The fourth-order valence-electron chi connectivity index (χ4n) is 0.278. The minimum absolute atomic E-state index is 0.0602. The molecule has 4 N–H and O–H groups in total. The van der Waals surface area contributed by atoms with Crippen LogP contribution in [0.3, 0.4) is 0 Å². The molecule has 1 aromatic heterocycles. The van der Waals surface area contributed by atoms with Crippen LogP contribution in [0.25, 0.3) is 0 Å². The summed E-state index contributed by atoms with van der Waals surface area (Å²) in [5, 5.41) is 8.02. The van der Waals surface area contributed by atoms with Crippen LogP contribution in [0.5, 0.6) is 0 Å². The van der Waals surface area contributed by atoms with Gasteiger partial charge in [0.25, 0.3) is 0 Å². The number of rotatable bonds is 1. The fraction of sp³-hybridized carbons (Fsp3) is 0.429. The monoisotopic (exact) mass is 142 g/mol. The summed E-state index contributed by atoms with van der Waals surface area (Å²) in [7, 11) is 0. The van der Waals surface area contributed by atoms with E-state index < -0.39 is 0 Å². The minimum atomic E-state index is -0.0602. The molecule has 0 aliphatic heterocycles. The van der Waals surface area contributed by atoms with E-state index in [0.29, 0.717) is 0 Å². The Morgan fingerprint density at radius 3 is 2.00 bits per heavy atom. The van der Waals surface area contributed by atoms with Gasteiger partial charge in [0.05, 0.1) is 6.61 Å². The van der Waals surface area contributed by atoms with Gasteiger partial charge in [0.1, 0.15) is 0 Å². The molecule has 58 valence electrons. The van der Waals surface area contributed by atoms with Crippen LogP contribution in [0.2, 0.25) is 0 Å². The average Bonchev–Trinajstić information content (AvgIpc) is 2.43. The van der Waals surface area contributed by atoms with Crippen LogP contribution in [0.15, 0.2) is 24.5 Å². The molecular weight excluding hydrogens is 128 g/mol. The predicted molar refractivity (Wildman–Crippen MR) is 41.5 cm³/mol. The molecule has 0 aromatic carbocycles. The van der Waals surface area contributed by atoms with Crippen LogP contribution >= 0.6 is 0 Å². The van der Waals surface area contributed by atoms with E-state index in [4.69, 9.17) is 10.8 Å². The summed E-state index contributed by atoms with van der Waals surface area (Å²) in [6.45, 7) is 1.83. The van der Waals surface area contributed by atoms with Crippen LogP contribution in [-0.2, 0) is 0 Å². The Morgan fingerprint density at radius 2 is 1.90 bits per heavy atom. The molecule has 10 heavy (non-hydrogen) atoms. The molecule has 0 bridgehead atoms. The van der Waals surface area contributed by atoms with Gasteiger partial charge in [-0.3, -0.25) is 0 Å². The molecule has 3 nitrogen and oxygen atoms in total. The zero-order chi connectivity index (χ0) is 7.82. The van der Waals surface area contributed by atoms with Crippen molar-refractivity contribution < 1.29 is 5.11 Å². The highest BCUT2D eigenvalue weighted by Crippen LogP contribution is 1.72. The Balaban J connectivity index is 0.000000162. The molecule has 1 aromatic rings. The van der Waals surface area contributed by atoms with Crippen molar-refractivity contribution in [3.63, 3.8) is 0 Å². The number of H-pyrrole nitrogens is 1. The molecule has 0 fully saturated rings. The third-order valence-electron chi connectivity index (χ3n) is 0.784. The van der Waals surface area contributed by atoms with E-state index in [1.807, 2.05) is 24.5 Å². The highest BCUT2D eigenvalue weighted by atomic mass is 16.3. The second-order valence-electron chi connectivity index (χ2n) is 2.04. The van der Waals surface area contributed by atoms with Gasteiger partial charge in [-0.15, -0.1) is 0 Å². The molecular formula is C7H14N2O. The Labute approximate surface area is 60.9 Å². The summed E-state index contributed by atoms with van der Waals surface area (Å²) in [6.07, 6.45) is 3.75. The standard InChI is InChI=1S/C4H5N.C3H9NO/c1-2-4-5-3-1;1-3(4)2-5/h1-5H;3,5H,2,4H2,1H3. The van der Waals surface area contributed by atoms with E-state index in [9.17, 15) is 0 Å². The van der Waals surface area contributed by atoms with E-state index >= 15 is 0 Å². The second-order valence-corrected chi connectivity index (χ2v) is 2.04. The van der Waals surface area contributed by atoms with Gasteiger partial charge in [-0.25, -0.2) is 0 Å². The van der Waals surface area contributed by atoms with Gasteiger partial charge in [-0.05, 0) is 19.1 Å². The summed E-state index contributed by atoms with van der Waals surface area (Å²) in [5.74, 6) is 0. The third-order valence-corrected chi connectivity index (χ3v) is 0.784. The molecule has 0 spiro atoms. The number of hydrogen-bond acceptors (Lipinski definition) is 2. The third kappa shape index (κ3) is 7.20. The first-order valence-corrected chi connectivity index (χ1v) is 3.21. The smallest absolute Gasteiger partial charge is 0.0579 e. The fourth-order valence-corrected chi connectivity index (χ4v) is 0.278. The highest BCUT2D eigenvalue weighted by Gasteiger charge is 1.81. The SMILES string of the molecule is CC(N)CO.c1cc[nH]c1. The molecule has 0 radical (unpaired) electrons. The van der Waals surface area contributed by atoms with E-state index in [0.717, 1.165) is 0 Å². The molecule has 1 atom stereocenters. The second kappa shape index (κ2) is 6.32. The molecule has 0 saturated carbocycles. The first-order chi connectivity index (χ1) is 4.77. The maximum Gasteiger partial charge on any atom is 0.0579 e. The van der Waals surface area contributed by atoms with Crippen LogP contribution in [0.4, 0.5) is 0 Å². The highest BCUT2D eigenvalue weighted by molar-refractivity contribution is 4.84. The van der Waals surface area contributed by atoms with Gasteiger partial charge < -0.3 is 15.8 Å². The number of nitrogens with two attached hydrogens (primary N) is 1. The Morgan fingerprint density at radius 1 is 1.50 bits per heavy atom. The van der Waals surface area contributed by atoms with E-state index in [2.05, 4.69) is 4.98 Å². The van der Waals surface area contributed by atoms with Crippen molar-refractivity contribution >= 4 is 0 Å². The number of aromatic amines is 1. The maximum atomic E-state index is 8.02. The molecule has 0 amide bonds. The van der Waals surface area contributed by atoms with Gasteiger partial charge >= 0.3 is 0 Å². The molecule has 1 heterocycles. The molecule has 0 aliphatic carbocycles. The summed E-state index contributed by atoms with van der Waals surface area (Å²) >= 11 is 0. The van der Waals surface area contributed by atoms with Crippen LogP contribution < -0.4 is 5.73 Å². The number of aromatic nitrogens is 1. The normalized spacial score (nSPS) is 11.5. The topological polar surface area (TPSA) is 62.0 Å². The molecule has 1 unspecified atom stereocenters. The molecule has 1 rings (SSSR count). The first kappa shape index (κ1) is 9.20. The van der Waals surface area contributed by atoms with Crippen molar-refractivity contribution in [2.45, 2.75) is 13.0 Å². The maximum absolute atomic E-state index is 8.02. The number of aliphatic hydroxyl groups is 1. The van der Waals surface area contributed by atoms with E-state index in [1.165, 1.54) is 0 Å². The molecule has 0 saturated heterocycles. The van der Waals surface area contributed by atoms with Crippen molar-refractivity contribution in [3.8, 4) is 0 Å². The Kier molecular flexibility index (Phi) is 5.82.